The predicted molar refractivity (Wildman–Crippen MR) is 107 cm³/mol. The summed E-state index contributed by atoms with van der Waals surface area (Å²) in [5.74, 6) is 1.23. The number of nitrogens with zero attached hydrogens (tertiary/aromatic N) is 2. The van der Waals surface area contributed by atoms with Crippen LogP contribution in [0.2, 0.25) is 5.02 Å². The van der Waals surface area contributed by atoms with Crippen LogP contribution in [0.4, 0.5) is 5.69 Å². The number of benzene rings is 2. The van der Waals surface area contributed by atoms with Gasteiger partial charge in [-0.05, 0) is 37.3 Å². The molecular weight excluding hydrogens is 386 g/mol. The van der Waals surface area contributed by atoms with Gasteiger partial charge in [0.2, 0.25) is 5.91 Å². The molecule has 140 valence electrons. The fraction of sp³-hybridized carbons (Fsp3) is 0.263. The Bertz CT molecular complexity index is 1020. The van der Waals surface area contributed by atoms with E-state index in [2.05, 4.69) is 10.3 Å². The van der Waals surface area contributed by atoms with Gasteiger partial charge in [-0.1, -0.05) is 23.4 Å². The lowest BCUT2D eigenvalue weighted by molar-refractivity contribution is -0.115. The van der Waals surface area contributed by atoms with E-state index in [-0.39, 0.29) is 11.2 Å². The number of ether oxygens (including phenoxy) is 2. The third-order valence-electron chi connectivity index (χ3n) is 4.26. The Hall–Kier alpha value is -2.38. The molecule has 4 rings (SSSR count). The molecule has 8 heteroatoms. The average molecular weight is 404 g/mol. The van der Waals surface area contributed by atoms with Crippen molar-refractivity contribution in [3.63, 3.8) is 0 Å². The number of hydrogen-bond acceptors (Lipinski definition) is 5. The molecule has 0 aliphatic carbocycles. The van der Waals surface area contributed by atoms with E-state index in [9.17, 15) is 4.79 Å². The van der Waals surface area contributed by atoms with E-state index in [1.807, 2.05) is 36.7 Å². The van der Waals surface area contributed by atoms with Gasteiger partial charge in [0.15, 0.2) is 16.7 Å². The first kappa shape index (κ1) is 18.0. The zero-order valence-corrected chi connectivity index (χ0v) is 16.4. The molecule has 1 atom stereocenters. The number of anilines is 1. The highest BCUT2D eigenvalue weighted by Crippen LogP contribution is 2.33. The lowest BCUT2D eigenvalue weighted by atomic mass is 10.2. The van der Waals surface area contributed by atoms with E-state index >= 15 is 0 Å². The van der Waals surface area contributed by atoms with Crippen LogP contribution in [-0.4, -0.2) is 33.9 Å². The molecule has 3 aromatic rings. The van der Waals surface area contributed by atoms with E-state index in [1.54, 1.807) is 18.2 Å². The molecule has 0 saturated carbocycles. The molecule has 1 aliphatic heterocycles. The molecule has 2 heterocycles. The summed E-state index contributed by atoms with van der Waals surface area (Å²) in [5, 5.41) is 3.99. The lowest BCUT2D eigenvalue weighted by Gasteiger charge is -2.19. The molecule has 1 N–H and O–H groups in total. The summed E-state index contributed by atoms with van der Waals surface area (Å²) in [6.07, 6.45) is 0. The molecule has 0 bridgehead atoms. The molecule has 0 spiro atoms. The molecule has 2 aromatic carbocycles. The largest absolute Gasteiger partial charge is 0.486 e. The maximum atomic E-state index is 12.6. The molecule has 1 unspecified atom stereocenters. The van der Waals surface area contributed by atoms with Crippen LogP contribution in [0.1, 0.15) is 6.92 Å². The second-order valence-electron chi connectivity index (χ2n) is 6.19. The third-order valence-corrected chi connectivity index (χ3v) is 5.64. The Balaban J connectivity index is 1.47. The number of aryl methyl sites for hydroxylation is 1. The van der Waals surface area contributed by atoms with Crippen molar-refractivity contribution in [2.75, 3.05) is 18.5 Å². The van der Waals surface area contributed by atoms with E-state index in [0.29, 0.717) is 35.4 Å². The molecular formula is C19H18ClN3O3S. The Morgan fingerprint density at radius 1 is 1.22 bits per heavy atom. The first-order valence-electron chi connectivity index (χ1n) is 8.50. The van der Waals surface area contributed by atoms with E-state index in [4.69, 9.17) is 21.1 Å². The van der Waals surface area contributed by atoms with Gasteiger partial charge in [-0.25, -0.2) is 4.98 Å². The van der Waals surface area contributed by atoms with Crippen molar-refractivity contribution in [1.29, 1.82) is 0 Å². The van der Waals surface area contributed by atoms with Crippen molar-refractivity contribution < 1.29 is 14.3 Å². The van der Waals surface area contributed by atoms with Crippen LogP contribution >= 0.6 is 23.4 Å². The number of carbonyl (C=O) groups is 1. The van der Waals surface area contributed by atoms with Crippen molar-refractivity contribution in [2.45, 2.75) is 17.3 Å². The number of thioether (sulfide) groups is 1. The van der Waals surface area contributed by atoms with Crippen LogP contribution in [0.15, 0.2) is 41.6 Å². The number of fused-ring (bicyclic) bond motifs is 2. The number of carbonyl (C=O) groups excluding carboxylic acids is 1. The summed E-state index contributed by atoms with van der Waals surface area (Å²) >= 11 is 7.44. The van der Waals surface area contributed by atoms with Gasteiger partial charge in [0.05, 0.1) is 16.3 Å². The summed E-state index contributed by atoms with van der Waals surface area (Å²) in [6.45, 7) is 2.90. The molecule has 0 fully saturated rings. The fourth-order valence-electron chi connectivity index (χ4n) is 2.83. The number of halogens is 1. The zero-order chi connectivity index (χ0) is 19.0. The lowest BCUT2D eigenvalue weighted by Crippen LogP contribution is -2.23. The first-order valence-corrected chi connectivity index (χ1v) is 9.76. The normalized spacial score (nSPS) is 14.2. The topological polar surface area (TPSA) is 65.4 Å². The standard InChI is InChI=1S/C19H18ClN3O3S/c1-11(27-19-22-14-9-12(20)3-5-15(14)23(19)2)18(24)21-13-4-6-16-17(10-13)26-8-7-25-16/h3-6,9-11H,7-8H2,1-2H3,(H,21,24). The van der Waals surface area contributed by atoms with Gasteiger partial charge in [-0.3, -0.25) is 4.79 Å². The number of rotatable bonds is 4. The highest BCUT2D eigenvalue weighted by atomic mass is 35.5. The number of amides is 1. The minimum Gasteiger partial charge on any atom is -0.486 e. The minimum atomic E-state index is -0.329. The van der Waals surface area contributed by atoms with Gasteiger partial charge in [0.1, 0.15) is 13.2 Å². The highest BCUT2D eigenvalue weighted by Gasteiger charge is 2.20. The highest BCUT2D eigenvalue weighted by molar-refractivity contribution is 8.00. The van der Waals surface area contributed by atoms with E-state index < -0.39 is 0 Å². The van der Waals surface area contributed by atoms with Crippen LogP contribution in [0, 0.1) is 0 Å². The summed E-state index contributed by atoms with van der Waals surface area (Å²) in [4.78, 5) is 17.2. The summed E-state index contributed by atoms with van der Waals surface area (Å²) in [6, 6.07) is 11.0. The first-order chi connectivity index (χ1) is 13.0. The zero-order valence-electron chi connectivity index (χ0n) is 14.9. The van der Waals surface area contributed by atoms with Gasteiger partial charge in [-0.2, -0.15) is 0 Å². The van der Waals surface area contributed by atoms with Crippen LogP contribution in [0.3, 0.4) is 0 Å². The molecule has 0 saturated heterocycles. The van der Waals surface area contributed by atoms with Crippen molar-refractivity contribution in [3.8, 4) is 11.5 Å². The van der Waals surface area contributed by atoms with Crippen molar-refractivity contribution in [3.05, 3.63) is 41.4 Å². The number of aromatic nitrogens is 2. The summed E-state index contributed by atoms with van der Waals surface area (Å²) < 4.78 is 13.0. The molecule has 6 nitrogen and oxygen atoms in total. The fourth-order valence-corrected chi connectivity index (χ4v) is 3.89. The number of nitrogens with one attached hydrogen (secondary N) is 1. The van der Waals surface area contributed by atoms with Gasteiger partial charge >= 0.3 is 0 Å². The van der Waals surface area contributed by atoms with Crippen LogP contribution in [0.25, 0.3) is 11.0 Å². The van der Waals surface area contributed by atoms with Crippen LogP contribution < -0.4 is 14.8 Å². The minimum absolute atomic E-state index is 0.109. The van der Waals surface area contributed by atoms with E-state index in [0.717, 1.165) is 16.2 Å². The van der Waals surface area contributed by atoms with Gasteiger partial charge in [0, 0.05) is 23.8 Å². The summed E-state index contributed by atoms with van der Waals surface area (Å²) in [7, 11) is 1.93. The van der Waals surface area contributed by atoms with Crippen LogP contribution in [-0.2, 0) is 11.8 Å². The van der Waals surface area contributed by atoms with Crippen molar-refractivity contribution >= 4 is 46.0 Å². The smallest absolute Gasteiger partial charge is 0.237 e. The molecule has 1 aliphatic rings. The van der Waals surface area contributed by atoms with Gasteiger partial charge in [-0.15, -0.1) is 0 Å². The Morgan fingerprint density at radius 3 is 2.81 bits per heavy atom. The summed E-state index contributed by atoms with van der Waals surface area (Å²) in [5.41, 5.74) is 2.46. The van der Waals surface area contributed by atoms with E-state index in [1.165, 1.54) is 11.8 Å². The molecule has 27 heavy (non-hydrogen) atoms. The monoisotopic (exact) mass is 403 g/mol. The van der Waals surface area contributed by atoms with Crippen molar-refractivity contribution in [1.82, 2.24) is 9.55 Å². The quantitative estimate of drug-likeness (QED) is 0.664. The third kappa shape index (κ3) is 3.70. The molecule has 0 radical (unpaired) electrons. The van der Waals surface area contributed by atoms with Gasteiger partial charge in [0.25, 0.3) is 0 Å². The van der Waals surface area contributed by atoms with Crippen molar-refractivity contribution in [2.24, 2.45) is 7.05 Å². The Morgan fingerprint density at radius 2 is 2.00 bits per heavy atom. The number of imidazole rings is 1. The maximum absolute atomic E-state index is 12.6. The van der Waals surface area contributed by atoms with Gasteiger partial charge < -0.3 is 19.4 Å². The SMILES string of the molecule is CC(Sc1nc2cc(Cl)ccc2n1C)C(=O)Nc1ccc2c(c1)OCCO2. The van der Waals surface area contributed by atoms with Crippen LogP contribution in [0.5, 0.6) is 11.5 Å². The molecule has 1 aromatic heterocycles. The molecule has 1 amide bonds. The second kappa shape index (κ2) is 7.32. The number of hydrogen-bond donors (Lipinski definition) is 1. The second-order valence-corrected chi connectivity index (χ2v) is 7.94. The Labute approximate surface area is 165 Å². The Kier molecular flexibility index (Phi) is 4.88. The predicted octanol–water partition coefficient (Wildman–Crippen LogP) is 4.12. The maximum Gasteiger partial charge on any atom is 0.237 e. The average Bonchev–Trinajstić information content (AvgIpc) is 2.96.